The molecule has 0 unspecified atom stereocenters. The lowest BCUT2D eigenvalue weighted by Gasteiger charge is -2.14. The van der Waals surface area contributed by atoms with Gasteiger partial charge in [-0.1, -0.05) is 36.4 Å². The number of aromatic nitrogens is 1. The summed E-state index contributed by atoms with van der Waals surface area (Å²) in [5.74, 6) is 1.53. The summed E-state index contributed by atoms with van der Waals surface area (Å²) in [6, 6.07) is 16.1. The second kappa shape index (κ2) is 8.36. The average Bonchev–Trinajstić information content (AvgIpc) is 3.14. The smallest absolute Gasteiger partial charge is 0.182 e. The highest BCUT2D eigenvalue weighted by atomic mass is 32.1. The van der Waals surface area contributed by atoms with Crippen LogP contribution in [-0.2, 0) is 13.2 Å². The predicted octanol–water partition coefficient (Wildman–Crippen LogP) is 4.73. The Hall–Kier alpha value is -2.53. The Morgan fingerprint density at radius 3 is 2.62 bits per heavy atom. The van der Waals surface area contributed by atoms with Gasteiger partial charge in [-0.25, -0.2) is 4.98 Å². The molecular formula is C19H20N2O2S. The van der Waals surface area contributed by atoms with Crippen LogP contribution in [0.4, 0.5) is 5.13 Å². The molecule has 1 heterocycles. The molecule has 0 fully saturated rings. The van der Waals surface area contributed by atoms with Gasteiger partial charge in [0.05, 0.1) is 6.61 Å². The molecule has 0 aliphatic carbocycles. The first-order chi connectivity index (χ1) is 11.8. The molecule has 4 nitrogen and oxygen atoms in total. The number of rotatable bonds is 8. The van der Waals surface area contributed by atoms with E-state index in [2.05, 4.69) is 10.3 Å². The highest BCUT2D eigenvalue weighted by Gasteiger charge is 2.07. The molecule has 1 aromatic heterocycles. The van der Waals surface area contributed by atoms with Crippen molar-refractivity contribution in [3.63, 3.8) is 0 Å². The van der Waals surface area contributed by atoms with Crippen molar-refractivity contribution < 1.29 is 9.47 Å². The lowest BCUT2D eigenvalue weighted by molar-refractivity contribution is 0.269. The van der Waals surface area contributed by atoms with Crippen molar-refractivity contribution in [2.45, 2.75) is 20.1 Å². The summed E-state index contributed by atoms with van der Waals surface area (Å²) in [6.07, 6.45) is 1.79. The Labute approximate surface area is 146 Å². The predicted molar refractivity (Wildman–Crippen MR) is 97.8 cm³/mol. The molecule has 2 aromatic carbocycles. The fourth-order valence-electron chi connectivity index (χ4n) is 2.27. The molecule has 24 heavy (non-hydrogen) atoms. The molecule has 0 amide bonds. The van der Waals surface area contributed by atoms with Gasteiger partial charge in [-0.2, -0.15) is 0 Å². The largest absolute Gasteiger partial charge is 0.490 e. The maximum atomic E-state index is 5.93. The molecule has 0 radical (unpaired) electrons. The molecule has 124 valence electrons. The minimum absolute atomic E-state index is 0.525. The van der Waals surface area contributed by atoms with Crippen LogP contribution in [-0.4, -0.2) is 11.6 Å². The molecule has 0 aliphatic rings. The average molecular weight is 340 g/mol. The molecule has 5 heteroatoms. The summed E-state index contributed by atoms with van der Waals surface area (Å²) in [4.78, 5) is 4.22. The van der Waals surface area contributed by atoms with E-state index in [-0.39, 0.29) is 0 Å². The van der Waals surface area contributed by atoms with Gasteiger partial charge in [-0.05, 0) is 30.2 Å². The van der Waals surface area contributed by atoms with Crippen LogP contribution in [0.2, 0.25) is 0 Å². The minimum atomic E-state index is 0.525. The highest BCUT2D eigenvalue weighted by molar-refractivity contribution is 7.13. The molecule has 3 rings (SSSR count). The van der Waals surface area contributed by atoms with Gasteiger partial charge >= 0.3 is 0 Å². The first kappa shape index (κ1) is 16.3. The summed E-state index contributed by atoms with van der Waals surface area (Å²) in [5, 5.41) is 6.17. The van der Waals surface area contributed by atoms with E-state index in [1.54, 1.807) is 17.5 Å². The van der Waals surface area contributed by atoms with E-state index in [0.29, 0.717) is 19.8 Å². The standard InChI is InChI=1S/C19H20N2O2S/c1-2-22-18-12-16(13-21-19-20-10-11-24-19)8-9-17(18)23-14-15-6-4-3-5-7-15/h3-12H,2,13-14H2,1H3,(H,20,21). The molecule has 0 atom stereocenters. The molecule has 0 bridgehead atoms. The summed E-state index contributed by atoms with van der Waals surface area (Å²) in [6.45, 7) is 3.80. The highest BCUT2D eigenvalue weighted by Crippen LogP contribution is 2.29. The zero-order chi connectivity index (χ0) is 16.6. The fraction of sp³-hybridized carbons (Fsp3) is 0.211. The lowest BCUT2D eigenvalue weighted by atomic mass is 10.2. The third-order valence-corrected chi connectivity index (χ3v) is 4.15. The van der Waals surface area contributed by atoms with E-state index in [4.69, 9.17) is 9.47 Å². The van der Waals surface area contributed by atoms with Crippen molar-refractivity contribution in [2.24, 2.45) is 0 Å². The van der Waals surface area contributed by atoms with Gasteiger partial charge in [0, 0.05) is 18.1 Å². The van der Waals surface area contributed by atoms with E-state index in [1.165, 1.54) is 0 Å². The quantitative estimate of drug-likeness (QED) is 0.643. The van der Waals surface area contributed by atoms with Gasteiger partial charge in [-0.15, -0.1) is 11.3 Å². The van der Waals surface area contributed by atoms with Gasteiger partial charge in [0.2, 0.25) is 0 Å². The van der Waals surface area contributed by atoms with Gasteiger partial charge < -0.3 is 14.8 Å². The Bertz CT molecular complexity index is 745. The molecule has 0 spiro atoms. The van der Waals surface area contributed by atoms with Crippen molar-refractivity contribution in [2.75, 3.05) is 11.9 Å². The summed E-state index contributed by atoms with van der Waals surface area (Å²) in [7, 11) is 0. The van der Waals surface area contributed by atoms with Crippen LogP contribution in [0.1, 0.15) is 18.1 Å². The Morgan fingerprint density at radius 1 is 1.00 bits per heavy atom. The van der Waals surface area contributed by atoms with Crippen molar-refractivity contribution in [3.05, 3.63) is 71.2 Å². The van der Waals surface area contributed by atoms with E-state index in [1.807, 2.05) is 60.8 Å². The normalized spacial score (nSPS) is 10.4. The molecule has 1 N–H and O–H groups in total. The van der Waals surface area contributed by atoms with Crippen LogP contribution < -0.4 is 14.8 Å². The van der Waals surface area contributed by atoms with Crippen LogP contribution in [0.15, 0.2) is 60.1 Å². The first-order valence-corrected chi connectivity index (χ1v) is 8.79. The number of ether oxygens (including phenoxy) is 2. The third kappa shape index (κ3) is 4.49. The lowest BCUT2D eigenvalue weighted by Crippen LogP contribution is -2.03. The third-order valence-electron chi connectivity index (χ3n) is 3.42. The van der Waals surface area contributed by atoms with Crippen LogP contribution in [0.5, 0.6) is 11.5 Å². The summed E-state index contributed by atoms with van der Waals surface area (Å²) in [5.41, 5.74) is 2.26. The van der Waals surface area contributed by atoms with Gasteiger partial charge in [0.15, 0.2) is 16.6 Å². The second-order valence-corrected chi connectivity index (χ2v) is 6.07. The van der Waals surface area contributed by atoms with Crippen molar-refractivity contribution in [3.8, 4) is 11.5 Å². The topological polar surface area (TPSA) is 43.4 Å². The zero-order valence-electron chi connectivity index (χ0n) is 13.6. The summed E-state index contributed by atoms with van der Waals surface area (Å²) < 4.78 is 11.7. The summed E-state index contributed by atoms with van der Waals surface area (Å²) >= 11 is 1.59. The Balaban J connectivity index is 1.67. The number of thiazole rings is 1. The van der Waals surface area contributed by atoms with Crippen molar-refractivity contribution in [1.82, 2.24) is 4.98 Å². The maximum Gasteiger partial charge on any atom is 0.182 e. The number of anilines is 1. The monoisotopic (exact) mass is 340 g/mol. The molecule has 0 saturated heterocycles. The van der Waals surface area contributed by atoms with E-state index >= 15 is 0 Å². The molecule has 0 saturated carbocycles. The molecular weight excluding hydrogens is 320 g/mol. The van der Waals surface area contributed by atoms with E-state index in [0.717, 1.165) is 27.8 Å². The Morgan fingerprint density at radius 2 is 1.88 bits per heavy atom. The van der Waals surface area contributed by atoms with Crippen LogP contribution in [0.3, 0.4) is 0 Å². The van der Waals surface area contributed by atoms with Crippen LogP contribution in [0, 0.1) is 0 Å². The second-order valence-electron chi connectivity index (χ2n) is 5.18. The number of nitrogens with zero attached hydrogens (tertiary/aromatic N) is 1. The van der Waals surface area contributed by atoms with E-state index < -0.39 is 0 Å². The van der Waals surface area contributed by atoms with Crippen molar-refractivity contribution in [1.29, 1.82) is 0 Å². The number of nitrogens with one attached hydrogen (secondary N) is 1. The number of hydrogen-bond acceptors (Lipinski definition) is 5. The van der Waals surface area contributed by atoms with Gasteiger partial charge in [0.25, 0.3) is 0 Å². The first-order valence-electron chi connectivity index (χ1n) is 7.91. The van der Waals surface area contributed by atoms with Gasteiger partial charge in [-0.3, -0.25) is 0 Å². The van der Waals surface area contributed by atoms with E-state index in [9.17, 15) is 0 Å². The number of hydrogen-bond donors (Lipinski definition) is 1. The number of benzene rings is 2. The SMILES string of the molecule is CCOc1cc(CNc2nccs2)ccc1OCc1ccccc1. The van der Waals surface area contributed by atoms with Crippen LogP contribution in [0.25, 0.3) is 0 Å². The molecule has 3 aromatic rings. The van der Waals surface area contributed by atoms with Crippen LogP contribution >= 0.6 is 11.3 Å². The zero-order valence-corrected chi connectivity index (χ0v) is 14.4. The van der Waals surface area contributed by atoms with Gasteiger partial charge in [0.1, 0.15) is 6.61 Å². The molecule has 0 aliphatic heterocycles. The Kier molecular flexibility index (Phi) is 5.69. The minimum Gasteiger partial charge on any atom is -0.490 e. The maximum absolute atomic E-state index is 5.93. The van der Waals surface area contributed by atoms with Crippen molar-refractivity contribution >= 4 is 16.5 Å². The fourth-order valence-corrected chi connectivity index (χ4v) is 2.80.